The number of hydrogen-bond donors (Lipinski definition) is 1. The topological polar surface area (TPSA) is 113 Å². The molecule has 152 valence electrons. The minimum absolute atomic E-state index is 0.252. The van der Waals surface area contributed by atoms with Crippen LogP contribution in [0.2, 0.25) is 0 Å². The van der Waals surface area contributed by atoms with Gasteiger partial charge in [-0.2, -0.15) is 0 Å². The SMILES string of the molecule is COc1cc(NC(C[N+](=O)[O-])=NCCCn2cncc2C)cc(OC)c1OC. The highest BCUT2D eigenvalue weighted by Gasteiger charge is 2.15. The van der Waals surface area contributed by atoms with Gasteiger partial charge >= 0.3 is 0 Å². The van der Waals surface area contributed by atoms with E-state index in [1.165, 1.54) is 21.3 Å². The third-order valence-corrected chi connectivity index (χ3v) is 4.01. The van der Waals surface area contributed by atoms with Crippen LogP contribution in [0, 0.1) is 17.0 Å². The molecule has 0 saturated carbocycles. The zero-order valence-electron chi connectivity index (χ0n) is 16.5. The van der Waals surface area contributed by atoms with Gasteiger partial charge in [-0.25, -0.2) is 4.98 Å². The summed E-state index contributed by atoms with van der Waals surface area (Å²) < 4.78 is 17.9. The Morgan fingerprint density at radius 1 is 1.25 bits per heavy atom. The molecule has 0 aliphatic carbocycles. The molecule has 10 nitrogen and oxygen atoms in total. The van der Waals surface area contributed by atoms with Crippen molar-refractivity contribution in [3.8, 4) is 17.2 Å². The number of benzene rings is 1. The minimum atomic E-state index is -0.427. The third kappa shape index (κ3) is 5.60. The smallest absolute Gasteiger partial charge is 0.260 e. The molecule has 0 saturated heterocycles. The second kappa shape index (κ2) is 10.1. The molecule has 1 N–H and O–H groups in total. The van der Waals surface area contributed by atoms with Gasteiger partial charge in [0.05, 0.1) is 27.7 Å². The fourth-order valence-corrected chi connectivity index (χ4v) is 2.65. The second-order valence-corrected chi connectivity index (χ2v) is 5.94. The van der Waals surface area contributed by atoms with E-state index in [4.69, 9.17) is 14.2 Å². The molecule has 0 aliphatic heterocycles. The average molecular weight is 391 g/mol. The van der Waals surface area contributed by atoms with Crippen molar-refractivity contribution in [3.05, 3.63) is 40.5 Å². The molecule has 10 heteroatoms. The average Bonchev–Trinajstić information content (AvgIpc) is 3.08. The highest BCUT2D eigenvalue weighted by atomic mass is 16.6. The fourth-order valence-electron chi connectivity index (χ4n) is 2.65. The standard InChI is InChI=1S/C18H25N5O5/c1-13-10-19-12-22(13)7-5-6-20-17(11-23(24)25)21-14-8-15(26-2)18(28-4)16(9-14)27-3/h8-10,12H,5-7,11H2,1-4H3,(H,20,21). The van der Waals surface area contributed by atoms with Gasteiger partial charge in [-0.3, -0.25) is 15.1 Å². The third-order valence-electron chi connectivity index (χ3n) is 4.01. The Morgan fingerprint density at radius 3 is 2.43 bits per heavy atom. The van der Waals surface area contributed by atoms with Gasteiger partial charge in [-0.1, -0.05) is 0 Å². The number of methoxy groups -OCH3 is 3. The molecule has 0 radical (unpaired) electrons. The van der Waals surface area contributed by atoms with Crippen molar-refractivity contribution < 1.29 is 19.1 Å². The lowest BCUT2D eigenvalue weighted by molar-refractivity contribution is -0.463. The fraction of sp³-hybridized carbons (Fsp3) is 0.444. The van der Waals surface area contributed by atoms with E-state index in [0.717, 1.165) is 18.7 Å². The summed E-state index contributed by atoms with van der Waals surface area (Å²) in [4.78, 5) is 19.0. The molecule has 1 heterocycles. The molecule has 2 rings (SSSR count). The first-order valence-electron chi connectivity index (χ1n) is 8.67. The lowest BCUT2D eigenvalue weighted by Crippen LogP contribution is -2.23. The number of aliphatic imine (C=N–C) groups is 1. The second-order valence-electron chi connectivity index (χ2n) is 5.94. The molecule has 2 aromatic rings. The van der Waals surface area contributed by atoms with Gasteiger partial charge in [0.15, 0.2) is 17.3 Å². The predicted octanol–water partition coefficient (Wildman–Crippen LogP) is 2.39. The maximum Gasteiger partial charge on any atom is 0.260 e. The number of imidazole rings is 1. The Morgan fingerprint density at radius 2 is 1.93 bits per heavy atom. The molecular formula is C18H25N5O5. The number of hydrogen-bond acceptors (Lipinski definition) is 7. The van der Waals surface area contributed by atoms with E-state index in [1.807, 2.05) is 11.5 Å². The van der Waals surface area contributed by atoms with Crippen LogP contribution >= 0.6 is 0 Å². The summed E-state index contributed by atoms with van der Waals surface area (Å²) in [6.45, 7) is 2.74. The Hall–Kier alpha value is -3.30. The summed E-state index contributed by atoms with van der Waals surface area (Å²) in [7, 11) is 4.52. The van der Waals surface area contributed by atoms with Crippen LogP contribution < -0.4 is 19.5 Å². The van der Waals surface area contributed by atoms with E-state index in [0.29, 0.717) is 29.5 Å². The number of aryl methyl sites for hydroxylation is 2. The first kappa shape index (κ1) is 21.0. The summed E-state index contributed by atoms with van der Waals surface area (Å²) in [6, 6.07) is 3.34. The molecule has 0 spiro atoms. The van der Waals surface area contributed by atoms with Crippen LogP contribution in [0.4, 0.5) is 5.69 Å². The summed E-state index contributed by atoms with van der Waals surface area (Å²) >= 11 is 0. The maximum absolute atomic E-state index is 11.0. The Labute approximate surface area is 163 Å². The van der Waals surface area contributed by atoms with Crippen molar-refractivity contribution in [1.29, 1.82) is 0 Å². The van der Waals surface area contributed by atoms with E-state index in [-0.39, 0.29) is 5.84 Å². The van der Waals surface area contributed by atoms with Crippen LogP contribution in [0.1, 0.15) is 12.1 Å². The van der Waals surface area contributed by atoms with Crippen molar-refractivity contribution in [1.82, 2.24) is 9.55 Å². The molecule has 0 aliphatic rings. The highest BCUT2D eigenvalue weighted by Crippen LogP contribution is 2.39. The largest absolute Gasteiger partial charge is 0.493 e. The van der Waals surface area contributed by atoms with E-state index in [2.05, 4.69) is 15.3 Å². The Kier molecular flexibility index (Phi) is 7.61. The number of nitrogens with one attached hydrogen (secondary N) is 1. The number of rotatable bonds is 10. The Bertz CT molecular complexity index is 809. The van der Waals surface area contributed by atoms with E-state index in [9.17, 15) is 10.1 Å². The van der Waals surface area contributed by atoms with Crippen LogP contribution in [0.3, 0.4) is 0 Å². The van der Waals surface area contributed by atoms with Gasteiger partial charge in [-0.05, 0) is 13.3 Å². The normalized spacial score (nSPS) is 11.2. The summed E-state index contributed by atoms with van der Waals surface area (Å²) in [5.41, 5.74) is 1.62. The van der Waals surface area contributed by atoms with Gasteiger partial charge in [0.25, 0.3) is 6.54 Å². The summed E-state index contributed by atoms with van der Waals surface area (Å²) in [5.74, 6) is 1.58. The van der Waals surface area contributed by atoms with E-state index < -0.39 is 11.5 Å². The number of amidine groups is 1. The van der Waals surface area contributed by atoms with E-state index >= 15 is 0 Å². The highest BCUT2D eigenvalue weighted by molar-refractivity contribution is 5.96. The zero-order valence-corrected chi connectivity index (χ0v) is 16.5. The molecule has 0 fully saturated rings. The number of anilines is 1. The molecule has 0 unspecified atom stereocenters. The molecule has 28 heavy (non-hydrogen) atoms. The molecule has 0 atom stereocenters. The van der Waals surface area contributed by atoms with Crippen molar-refractivity contribution >= 4 is 11.5 Å². The van der Waals surface area contributed by atoms with Gasteiger partial charge in [0, 0.05) is 47.7 Å². The maximum atomic E-state index is 11.0. The quantitative estimate of drug-likeness (QED) is 0.217. The minimum Gasteiger partial charge on any atom is -0.493 e. The Balaban J connectivity index is 2.12. The zero-order chi connectivity index (χ0) is 20.5. The van der Waals surface area contributed by atoms with Crippen molar-refractivity contribution in [3.63, 3.8) is 0 Å². The van der Waals surface area contributed by atoms with Crippen LogP contribution in [0.5, 0.6) is 17.2 Å². The van der Waals surface area contributed by atoms with Gasteiger partial charge < -0.3 is 24.1 Å². The molecule has 1 aromatic carbocycles. The summed E-state index contributed by atoms with van der Waals surface area (Å²) in [6.07, 6.45) is 4.27. The van der Waals surface area contributed by atoms with Gasteiger partial charge in [0.1, 0.15) is 0 Å². The number of aromatic nitrogens is 2. The lowest BCUT2D eigenvalue weighted by atomic mass is 10.2. The molecule has 1 aromatic heterocycles. The van der Waals surface area contributed by atoms with Crippen molar-refractivity contribution in [2.75, 3.05) is 39.7 Å². The predicted molar refractivity (Wildman–Crippen MR) is 105 cm³/mol. The van der Waals surface area contributed by atoms with Crippen molar-refractivity contribution in [2.24, 2.45) is 4.99 Å². The summed E-state index contributed by atoms with van der Waals surface area (Å²) in [5, 5.41) is 14.0. The van der Waals surface area contributed by atoms with Gasteiger partial charge in [0.2, 0.25) is 5.75 Å². The van der Waals surface area contributed by atoms with Crippen LogP contribution in [0.15, 0.2) is 29.6 Å². The molecule has 0 amide bonds. The van der Waals surface area contributed by atoms with E-state index in [1.54, 1.807) is 24.7 Å². The van der Waals surface area contributed by atoms with Crippen molar-refractivity contribution in [2.45, 2.75) is 19.9 Å². The number of ether oxygens (including phenoxy) is 3. The molecular weight excluding hydrogens is 366 g/mol. The number of nitrogens with zero attached hydrogens (tertiary/aromatic N) is 4. The van der Waals surface area contributed by atoms with Crippen LogP contribution in [-0.2, 0) is 6.54 Å². The molecule has 0 bridgehead atoms. The first-order chi connectivity index (χ1) is 13.5. The number of nitro groups is 1. The first-order valence-corrected chi connectivity index (χ1v) is 8.67. The van der Waals surface area contributed by atoms with Gasteiger partial charge in [-0.15, -0.1) is 0 Å². The van der Waals surface area contributed by atoms with Crippen LogP contribution in [-0.4, -0.2) is 54.7 Å². The monoisotopic (exact) mass is 391 g/mol. The van der Waals surface area contributed by atoms with Crippen LogP contribution in [0.25, 0.3) is 0 Å². The lowest BCUT2D eigenvalue weighted by Gasteiger charge is -2.15.